The van der Waals surface area contributed by atoms with Crippen molar-refractivity contribution in [2.24, 2.45) is 0 Å². The topological polar surface area (TPSA) is 83.0 Å². The summed E-state index contributed by atoms with van der Waals surface area (Å²) in [6.45, 7) is 3.81. The highest BCUT2D eigenvalue weighted by molar-refractivity contribution is 5.92. The number of nitrogens with one attached hydrogen (secondary N) is 2. The molecule has 8 heteroatoms. The van der Waals surface area contributed by atoms with Crippen LogP contribution in [0, 0.1) is 12.7 Å². The first-order valence-corrected chi connectivity index (χ1v) is 10.3. The van der Waals surface area contributed by atoms with Crippen molar-refractivity contribution in [3.63, 3.8) is 0 Å². The molecule has 31 heavy (non-hydrogen) atoms. The first-order valence-electron chi connectivity index (χ1n) is 10.3. The van der Waals surface area contributed by atoms with Crippen LogP contribution >= 0.6 is 0 Å². The van der Waals surface area contributed by atoms with E-state index in [2.05, 4.69) is 31.6 Å². The molecule has 0 saturated carbocycles. The highest BCUT2D eigenvalue weighted by Gasteiger charge is 2.23. The average Bonchev–Trinajstić information content (AvgIpc) is 2.76. The number of carbonyl (C=O) groups is 1. The van der Waals surface area contributed by atoms with Crippen LogP contribution in [-0.4, -0.2) is 45.4 Å². The standard InChI is InChI=1S/C23H25FN6O/c1-16-12-18(28-22-14-25-8-9-26-22)13-21(27-16)17-6-10-30(11-7-17)15-23(31)29-20-5-3-2-4-19(20)24/h2-5,8-9,12-14,17H,6-7,10-11,15H2,1H3,(H,29,31)(H,26,27,28). The smallest absolute Gasteiger partial charge is 0.238 e. The number of hydrogen-bond donors (Lipinski definition) is 2. The predicted octanol–water partition coefficient (Wildman–Crippen LogP) is 3.88. The quantitative estimate of drug-likeness (QED) is 0.630. The Balaban J connectivity index is 1.33. The van der Waals surface area contributed by atoms with Gasteiger partial charge in [-0.15, -0.1) is 0 Å². The fraction of sp³-hybridized carbons (Fsp3) is 0.304. The number of amides is 1. The summed E-state index contributed by atoms with van der Waals surface area (Å²) in [7, 11) is 0. The predicted molar refractivity (Wildman–Crippen MR) is 118 cm³/mol. The van der Waals surface area contributed by atoms with Gasteiger partial charge >= 0.3 is 0 Å². The molecule has 7 nitrogen and oxygen atoms in total. The third-order valence-electron chi connectivity index (χ3n) is 5.33. The molecule has 0 bridgehead atoms. The number of carbonyl (C=O) groups excluding carboxylic acids is 1. The molecule has 160 valence electrons. The molecule has 1 aromatic carbocycles. The second kappa shape index (κ2) is 9.61. The number of rotatable bonds is 6. The Morgan fingerprint density at radius 3 is 2.74 bits per heavy atom. The van der Waals surface area contributed by atoms with Gasteiger partial charge in [0.1, 0.15) is 11.6 Å². The van der Waals surface area contributed by atoms with Crippen molar-refractivity contribution in [2.75, 3.05) is 30.3 Å². The maximum absolute atomic E-state index is 13.7. The van der Waals surface area contributed by atoms with Crippen LogP contribution in [0.3, 0.4) is 0 Å². The highest BCUT2D eigenvalue weighted by Crippen LogP contribution is 2.29. The van der Waals surface area contributed by atoms with Gasteiger partial charge in [-0.2, -0.15) is 0 Å². The van der Waals surface area contributed by atoms with Gasteiger partial charge in [-0.05, 0) is 57.1 Å². The molecule has 2 N–H and O–H groups in total. The van der Waals surface area contributed by atoms with E-state index in [1.165, 1.54) is 6.07 Å². The number of aromatic nitrogens is 3. The molecule has 1 aliphatic heterocycles. The van der Waals surface area contributed by atoms with Crippen molar-refractivity contribution in [3.8, 4) is 0 Å². The van der Waals surface area contributed by atoms with Crippen molar-refractivity contribution < 1.29 is 9.18 Å². The molecule has 0 atom stereocenters. The molecular formula is C23H25FN6O. The summed E-state index contributed by atoms with van der Waals surface area (Å²) in [4.78, 5) is 27.5. The molecule has 1 amide bonds. The molecule has 1 saturated heterocycles. The normalized spacial score (nSPS) is 14.9. The van der Waals surface area contributed by atoms with Crippen molar-refractivity contribution in [2.45, 2.75) is 25.7 Å². The number of pyridine rings is 1. The molecule has 3 aromatic rings. The summed E-state index contributed by atoms with van der Waals surface area (Å²) in [6, 6.07) is 10.3. The van der Waals surface area contributed by atoms with Gasteiger partial charge in [0.05, 0.1) is 18.4 Å². The Morgan fingerprint density at radius 1 is 1.19 bits per heavy atom. The van der Waals surface area contributed by atoms with Crippen LogP contribution in [-0.2, 0) is 4.79 Å². The lowest BCUT2D eigenvalue weighted by Gasteiger charge is -2.31. The van der Waals surface area contributed by atoms with Crippen molar-refractivity contribution >= 4 is 23.1 Å². The van der Waals surface area contributed by atoms with Crippen LogP contribution in [0.4, 0.5) is 21.6 Å². The van der Waals surface area contributed by atoms with Gasteiger partial charge in [-0.3, -0.25) is 19.7 Å². The van der Waals surface area contributed by atoms with Gasteiger partial charge in [0.25, 0.3) is 0 Å². The zero-order valence-corrected chi connectivity index (χ0v) is 17.4. The van der Waals surface area contributed by atoms with Crippen LogP contribution in [0.1, 0.15) is 30.1 Å². The summed E-state index contributed by atoms with van der Waals surface area (Å²) in [5.41, 5.74) is 3.14. The Kier molecular flexibility index (Phi) is 6.47. The van der Waals surface area contributed by atoms with E-state index in [0.29, 0.717) is 11.7 Å². The number of piperidine rings is 1. The van der Waals surface area contributed by atoms with Crippen molar-refractivity contribution in [3.05, 3.63) is 72.2 Å². The summed E-state index contributed by atoms with van der Waals surface area (Å²) >= 11 is 0. The van der Waals surface area contributed by atoms with E-state index in [1.54, 1.807) is 36.8 Å². The summed E-state index contributed by atoms with van der Waals surface area (Å²) in [6.07, 6.45) is 6.79. The molecule has 4 rings (SSSR count). The number of para-hydroxylation sites is 1. The maximum atomic E-state index is 13.7. The number of benzene rings is 1. The van der Waals surface area contributed by atoms with Crippen LogP contribution in [0.15, 0.2) is 55.0 Å². The van der Waals surface area contributed by atoms with Gasteiger partial charge in [0.15, 0.2) is 0 Å². The van der Waals surface area contributed by atoms with Gasteiger partial charge in [-0.1, -0.05) is 12.1 Å². The molecule has 0 radical (unpaired) electrons. The molecule has 1 aliphatic rings. The first-order chi connectivity index (χ1) is 15.1. The second-order valence-corrected chi connectivity index (χ2v) is 7.72. The van der Waals surface area contributed by atoms with Crippen LogP contribution in [0.25, 0.3) is 0 Å². The molecular weight excluding hydrogens is 395 g/mol. The van der Waals surface area contributed by atoms with Crippen LogP contribution in [0.2, 0.25) is 0 Å². The summed E-state index contributed by atoms with van der Waals surface area (Å²) in [5, 5.41) is 5.93. The molecule has 2 aromatic heterocycles. The summed E-state index contributed by atoms with van der Waals surface area (Å²) in [5.74, 6) is 0.390. The number of nitrogens with zero attached hydrogens (tertiary/aromatic N) is 4. The molecule has 0 unspecified atom stereocenters. The van der Waals surface area contributed by atoms with E-state index < -0.39 is 5.82 Å². The molecule has 0 spiro atoms. The van der Waals surface area contributed by atoms with Gasteiger partial charge in [-0.25, -0.2) is 9.37 Å². The Hall–Kier alpha value is -3.39. The SMILES string of the molecule is Cc1cc(Nc2cnccn2)cc(C2CCN(CC(=O)Nc3ccccc3F)CC2)n1. The van der Waals surface area contributed by atoms with E-state index in [9.17, 15) is 9.18 Å². The lowest BCUT2D eigenvalue weighted by molar-refractivity contribution is -0.117. The molecule has 1 fully saturated rings. The van der Waals surface area contributed by atoms with E-state index in [0.717, 1.165) is 43.0 Å². The Morgan fingerprint density at radius 2 is 2.00 bits per heavy atom. The van der Waals surface area contributed by atoms with Crippen molar-refractivity contribution in [1.82, 2.24) is 19.9 Å². The minimum atomic E-state index is -0.425. The van der Waals surface area contributed by atoms with E-state index >= 15 is 0 Å². The minimum absolute atomic E-state index is 0.201. The third kappa shape index (κ3) is 5.61. The second-order valence-electron chi connectivity index (χ2n) is 7.72. The number of aryl methyl sites for hydroxylation is 1. The zero-order valence-electron chi connectivity index (χ0n) is 17.4. The number of anilines is 3. The maximum Gasteiger partial charge on any atom is 0.238 e. The highest BCUT2D eigenvalue weighted by atomic mass is 19.1. The molecule has 0 aliphatic carbocycles. The lowest BCUT2D eigenvalue weighted by Crippen LogP contribution is -2.39. The van der Waals surface area contributed by atoms with Gasteiger partial charge in [0.2, 0.25) is 5.91 Å². The summed E-state index contributed by atoms with van der Waals surface area (Å²) < 4.78 is 13.7. The van der Waals surface area contributed by atoms with Gasteiger partial charge in [0, 0.05) is 35.4 Å². The molecule has 3 heterocycles. The largest absolute Gasteiger partial charge is 0.339 e. The first kappa shape index (κ1) is 20.9. The number of halogens is 1. The van der Waals surface area contributed by atoms with E-state index in [4.69, 9.17) is 4.98 Å². The Labute approximate surface area is 180 Å². The monoisotopic (exact) mass is 420 g/mol. The minimum Gasteiger partial charge on any atom is -0.339 e. The number of hydrogen-bond acceptors (Lipinski definition) is 6. The van der Waals surface area contributed by atoms with Crippen molar-refractivity contribution in [1.29, 1.82) is 0 Å². The zero-order chi connectivity index (χ0) is 21.6. The van der Waals surface area contributed by atoms with Crippen LogP contribution < -0.4 is 10.6 Å². The average molecular weight is 420 g/mol. The van der Waals surface area contributed by atoms with E-state index in [1.807, 2.05) is 13.0 Å². The fourth-order valence-electron chi connectivity index (χ4n) is 3.83. The van der Waals surface area contributed by atoms with E-state index in [-0.39, 0.29) is 18.1 Å². The fourth-order valence-corrected chi connectivity index (χ4v) is 3.83. The third-order valence-corrected chi connectivity index (χ3v) is 5.33. The Bertz CT molecular complexity index is 1040. The number of likely N-dealkylation sites (tertiary alicyclic amines) is 1. The van der Waals surface area contributed by atoms with Gasteiger partial charge < -0.3 is 10.6 Å². The lowest BCUT2D eigenvalue weighted by atomic mass is 9.92. The van der Waals surface area contributed by atoms with Crippen LogP contribution in [0.5, 0.6) is 0 Å².